The molecule has 1 aromatic carbocycles. The first-order valence-electron chi connectivity index (χ1n) is 5.92. The molecule has 0 bridgehead atoms. The molecule has 4 nitrogen and oxygen atoms in total. The van der Waals surface area contributed by atoms with Crippen molar-refractivity contribution >= 4 is 27.8 Å². The zero-order valence-electron chi connectivity index (χ0n) is 10.6. The third kappa shape index (κ3) is 2.54. The molecule has 0 aliphatic carbocycles. The van der Waals surface area contributed by atoms with Crippen molar-refractivity contribution in [2.75, 3.05) is 13.1 Å². The first-order valence-corrected chi connectivity index (χ1v) is 6.71. The molecule has 1 unspecified atom stereocenters. The Morgan fingerprint density at radius 2 is 1.90 bits per heavy atom. The average molecular weight is 348 g/mol. The molecular formula is C13H12BrF2NO3. The Morgan fingerprint density at radius 3 is 2.35 bits per heavy atom. The number of aliphatic carboxylic acids is 1. The van der Waals surface area contributed by atoms with Gasteiger partial charge >= 0.3 is 5.97 Å². The van der Waals surface area contributed by atoms with E-state index in [1.807, 2.05) is 0 Å². The summed E-state index contributed by atoms with van der Waals surface area (Å²) >= 11 is 2.93. The zero-order valence-corrected chi connectivity index (χ0v) is 12.2. The summed E-state index contributed by atoms with van der Waals surface area (Å²) in [6, 6.07) is 2.01. The maximum atomic E-state index is 13.7. The van der Waals surface area contributed by atoms with Crippen LogP contribution in [0, 0.1) is 17.0 Å². The minimum Gasteiger partial charge on any atom is -0.481 e. The van der Waals surface area contributed by atoms with Crippen LogP contribution in [0.2, 0.25) is 0 Å². The van der Waals surface area contributed by atoms with Gasteiger partial charge in [-0.25, -0.2) is 8.78 Å². The second-order valence-electron chi connectivity index (χ2n) is 5.09. The Hall–Kier alpha value is -1.50. The Kier molecular flexibility index (Phi) is 3.82. The summed E-state index contributed by atoms with van der Waals surface area (Å²) in [5, 5.41) is 9.10. The van der Waals surface area contributed by atoms with Crippen LogP contribution < -0.4 is 0 Å². The molecule has 0 aromatic heterocycles. The first kappa shape index (κ1) is 14.9. The predicted octanol–water partition coefficient (Wildman–Crippen LogP) is 2.66. The van der Waals surface area contributed by atoms with Crippen molar-refractivity contribution in [1.29, 1.82) is 0 Å². The van der Waals surface area contributed by atoms with Crippen LogP contribution in [-0.4, -0.2) is 35.0 Å². The summed E-state index contributed by atoms with van der Waals surface area (Å²) in [4.78, 5) is 24.4. The Bertz CT molecular complexity index is 570. The van der Waals surface area contributed by atoms with E-state index in [1.54, 1.807) is 0 Å². The number of carboxylic acid groups (broad SMARTS) is 1. The van der Waals surface area contributed by atoms with Gasteiger partial charge in [-0.1, -0.05) is 15.9 Å². The molecule has 1 aliphatic heterocycles. The van der Waals surface area contributed by atoms with Crippen molar-refractivity contribution in [3.8, 4) is 0 Å². The van der Waals surface area contributed by atoms with Crippen molar-refractivity contribution < 1.29 is 23.5 Å². The van der Waals surface area contributed by atoms with Gasteiger partial charge in [0.15, 0.2) is 0 Å². The number of hydrogen-bond acceptors (Lipinski definition) is 2. The van der Waals surface area contributed by atoms with Gasteiger partial charge in [0.05, 0.1) is 5.41 Å². The standard InChI is InChI=1S/C13H12BrF2NO3/c1-13(12(19)20)2-3-17(6-13)11(18)10-8(15)4-7(14)5-9(10)16/h4-5H,2-3,6H2,1H3,(H,19,20). The van der Waals surface area contributed by atoms with Crippen molar-refractivity contribution in [3.63, 3.8) is 0 Å². The number of carbonyl (C=O) groups excluding carboxylic acids is 1. The molecule has 1 amide bonds. The molecule has 1 fully saturated rings. The summed E-state index contributed by atoms with van der Waals surface area (Å²) in [5.74, 6) is -3.78. The minimum atomic E-state index is -1.07. The lowest BCUT2D eigenvalue weighted by Crippen LogP contribution is -2.35. The van der Waals surface area contributed by atoms with Gasteiger partial charge in [-0.2, -0.15) is 0 Å². The Labute approximate surface area is 122 Å². The topological polar surface area (TPSA) is 57.6 Å². The highest BCUT2D eigenvalue weighted by atomic mass is 79.9. The van der Waals surface area contributed by atoms with E-state index < -0.39 is 34.5 Å². The van der Waals surface area contributed by atoms with Crippen molar-refractivity contribution in [3.05, 3.63) is 33.8 Å². The third-order valence-electron chi connectivity index (χ3n) is 3.50. The van der Waals surface area contributed by atoms with E-state index >= 15 is 0 Å². The van der Waals surface area contributed by atoms with E-state index in [4.69, 9.17) is 5.11 Å². The van der Waals surface area contributed by atoms with E-state index in [0.717, 1.165) is 12.1 Å². The van der Waals surface area contributed by atoms with Crippen LogP contribution in [0.4, 0.5) is 8.78 Å². The maximum Gasteiger partial charge on any atom is 0.311 e. The van der Waals surface area contributed by atoms with E-state index in [1.165, 1.54) is 11.8 Å². The second kappa shape index (κ2) is 5.12. The summed E-state index contributed by atoms with van der Waals surface area (Å²) in [6.07, 6.45) is 0.258. The SMILES string of the molecule is CC1(C(=O)O)CCN(C(=O)c2c(F)cc(Br)cc2F)C1. The van der Waals surface area contributed by atoms with Gasteiger partial charge in [-0.05, 0) is 25.5 Å². The van der Waals surface area contributed by atoms with Gasteiger partial charge in [-0.15, -0.1) is 0 Å². The van der Waals surface area contributed by atoms with Crippen molar-refractivity contribution in [2.24, 2.45) is 5.41 Å². The molecule has 1 heterocycles. The number of amides is 1. The number of hydrogen-bond donors (Lipinski definition) is 1. The van der Waals surface area contributed by atoms with Gasteiger partial charge in [0.1, 0.15) is 17.2 Å². The van der Waals surface area contributed by atoms with Crippen LogP contribution in [-0.2, 0) is 4.79 Å². The highest BCUT2D eigenvalue weighted by Crippen LogP contribution is 2.32. The number of likely N-dealkylation sites (tertiary alicyclic amines) is 1. The number of carbonyl (C=O) groups is 2. The molecule has 1 atom stereocenters. The summed E-state index contributed by atoms with van der Waals surface area (Å²) in [7, 11) is 0. The number of carboxylic acids is 1. The van der Waals surface area contributed by atoms with Gasteiger partial charge in [0.25, 0.3) is 5.91 Å². The van der Waals surface area contributed by atoms with Gasteiger partial charge in [0, 0.05) is 17.6 Å². The number of nitrogens with zero attached hydrogens (tertiary/aromatic N) is 1. The van der Waals surface area contributed by atoms with Gasteiger partial charge in [-0.3, -0.25) is 9.59 Å². The minimum absolute atomic E-state index is 0.0594. The highest BCUT2D eigenvalue weighted by Gasteiger charge is 2.43. The van der Waals surface area contributed by atoms with E-state index in [2.05, 4.69) is 15.9 Å². The molecule has 7 heteroatoms. The lowest BCUT2D eigenvalue weighted by molar-refractivity contribution is -0.147. The normalized spacial score (nSPS) is 22.1. The van der Waals surface area contributed by atoms with E-state index in [0.29, 0.717) is 0 Å². The smallest absolute Gasteiger partial charge is 0.311 e. The number of halogens is 3. The molecule has 1 saturated heterocycles. The Balaban J connectivity index is 2.28. The fourth-order valence-electron chi connectivity index (χ4n) is 2.21. The lowest BCUT2D eigenvalue weighted by atomic mass is 9.90. The molecule has 20 heavy (non-hydrogen) atoms. The highest BCUT2D eigenvalue weighted by molar-refractivity contribution is 9.10. The molecule has 1 aromatic rings. The number of rotatable bonds is 2. The maximum absolute atomic E-state index is 13.7. The van der Waals surface area contributed by atoms with Crippen LogP contribution in [0.3, 0.4) is 0 Å². The summed E-state index contributed by atoms with van der Waals surface area (Å²) in [5.41, 5.74) is -1.72. The van der Waals surface area contributed by atoms with Crippen molar-refractivity contribution in [2.45, 2.75) is 13.3 Å². The first-order chi connectivity index (χ1) is 9.24. The van der Waals surface area contributed by atoms with Crippen LogP contribution >= 0.6 is 15.9 Å². The monoisotopic (exact) mass is 347 g/mol. The molecular weight excluding hydrogens is 336 g/mol. The molecule has 0 radical (unpaired) electrons. The van der Waals surface area contributed by atoms with Crippen LogP contribution in [0.25, 0.3) is 0 Å². The summed E-state index contributed by atoms with van der Waals surface area (Å²) in [6.45, 7) is 1.61. The lowest BCUT2D eigenvalue weighted by Gasteiger charge is -2.20. The third-order valence-corrected chi connectivity index (χ3v) is 3.96. The Morgan fingerprint density at radius 1 is 1.35 bits per heavy atom. The van der Waals surface area contributed by atoms with E-state index in [-0.39, 0.29) is 24.0 Å². The largest absolute Gasteiger partial charge is 0.481 e. The number of benzene rings is 1. The zero-order chi connectivity index (χ0) is 15.1. The van der Waals surface area contributed by atoms with Crippen LogP contribution in [0.5, 0.6) is 0 Å². The van der Waals surface area contributed by atoms with Crippen molar-refractivity contribution in [1.82, 2.24) is 4.90 Å². The molecule has 2 rings (SSSR count). The fraction of sp³-hybridized carbons (Fsp3) is 0.385. The quantitative estimate of drug-likeness (QED) is 0.894. The molecule has 1 N–H and O–H groups in total. The predicted molar refractivity (Wildman–Crippen MR) is 70.3 cm³/mol. The summed E-state index contributed by atoms with van der Waals surface area (Å²) < 4.78 is 27.7. The molecule has 0 saturated carbocycles. The second-order valence-corrected chi connectivity index (χ2v) is 6.00. The van der Waals surface area contributed by atoms with Gasteiger partial charge in [0.2, 0.25) is 0 Å². The molecule has 108 valence electrons. The van der Waals surface area contributed by atoms with Crippen LogP contribution in [0.1, 0.15) is 23.7 Å². The molecule has 1 aliphatic rings. The van der Waals surface area contributed by atoms with E-state index in [9.17, 15) is 18.4 Å². The molecule has 0 spiro atoms. The fourth-order valence-corrected chi connectivity index (χ4v) is 2.62. The van der Waals surface area contributed by atoms with Gasteiger partial charge < -0.3 is 10.0 Å². The van der Waals surface area contributed by atoms with Crippen LogP contribution in [0.15, 0.2) is 16.6 Å². The average Bonchev–Trinajstić information content (AvgIpc) is 2.72.